The van der Waals surface area contributed by atoms with E-state index in [0.717, 1.165) is 48.1 Å². The van der Waals surface area contributed by atoms with Gasteiger partial charge in [-0.3, -0.25) is 0 Å². The molecule has 30 heavy (non-hydrogen) atoms. The molecule has 0 amide bonds. The Kier molecular flexibility index (Phi) is 19.0. The van der Waals surface area contributed by atoms with Gasteiger partial charge in [0.05, 0.1) is 0 Å². The zero-order chi connectivity index (χ0) is 18.2. The molecule has 3 rings (SSSR count). The zero-order valence-corrected chi connectivity index (χ0v) is 21.6. The molecular weight excluding hydrogens is 505 g/mol. The smallest absolute Gasteiger partial charge is 0.0450 e. The lowest BCUT2D eigenvalue weighted by Crippen LogP contribution is -2.31. The average molecular weight is 537 g/mol. The second-order valence-corrected chi connectivity index (χ2v) is 8.16. The van der Waals surface area contributed by atoms with Gasteiger partial charge in [-0.05, 0) is 67.4 Å². The maximum atomic E-state index is 6.23. The summed E-state index contributed by atoms with van der Waals surface area (Å²) in [6.45, 7) is 3.86. The van der Waals surface area contributed by atoms with Crippen LogP contribution in [0, 0.1) is 11.8 Å². The number of rotatable bonds is 8. The van der Waals surface area contributed by atoms with Crippen LogP contribution in [-0.2, 0) is 13.1 Å². The van der Waals surface area contributed by atoms with Crippen LogP contribution in [0.2, 0.25) is 10.0 Å². The van der Waals surface area contributed by atoms with Crippen molar-refractivity contribution in [3.05, 3.63) is 69.7 Å². The summed E-state index contributed by atoms with van der Waals surface area (Å²) in [4.78, 5) is 0. The van der Waals surface area contributed by atoms with Crippen LogP contribution in [-0.4, -0.2) is 13.1 Å². The predicted octanol–water partition coefficient (Wildman–Crippen LogP) is 7.37. The standard InChI is InChI=1S/C22H28Cl2N2.4ClH/c23-21-10-3-1-8-19(21)15-25-13-17-6-5-7-18(12-17)14-26-16-20-9-2-4-11-22(20)24;;;;/h1-4,8-11,17-18,25-26H,5-7,12-16H2;4*1H. The van der Waals surface area contributed by atoms with Crippen LogP contribution in [0.15, 0.2) is 48.5 Å². The molecule has 1 aliphatic rings. The van der Waals surface area contributed by atoms with E-state index in [1.165, 1.54) is 36.8 Å². The Labute approximate surface area is 215 Å². The largest absolute Gasteiger partial charge is 0.312 e. The molecule has 2 atom stereocenters. The second kappa shape index (κ2) is 17.6. The molecular formula is C22H32Cl6N2. The highest BCUT2D eigenvalue weighted by Gasteiger charge is 2.21. The third-order valence-corrected chi connectivity index (χ3v) is 6.04. The van der Waals surface area contributed by atoms with E-state index in [-0.39, 0.29) is 49.6 Å². The van der Waals surface area contributed by atoms with E-state index in [2.05, 4.69) is 22.8 Å². The molecule has 172 valence electrons. The van der Waals surface area contributed by atoms with Crippen LogP contribution in [0.5, 0.6) is 0 Å². The van der Waals surface area contributed by atoms with Crippen LogP contribution in [0.25, 0.3) is 0 Å². The molecule has 0 aliphatic heterocycles. The highest BCUT2D eigenvalue weighted by atomic mass is 35.5. The van der Waals surface area contributed by atoms with Gasteiger partial charge in [-0.15, -0.1) is 49.6 Å². The number of nitrogens with one attached hydrogen (secondary N) is 2. The van der Waals surface area contributed by atoms with Crippen molar-refractivity contribution in [3.63, 3.8) is 0 Å². The zero-order valence-electron chi connectivity index (χ0n) is 16.8. The molecule has 8 heteroatoms. The Hall–Kier alpha value is 0.1000. The van der Waals surface area contributed by atoms with Gasteiger partial charge in [-0.1, -0.05) is 66.0 Å². The van der Waals surface area contributed by atoms with Crippen molar-refractivity contribution >= 4 is 72.8 Å². The lowest BCUT2D eigenvalue weighted by Gasteiger charge is -2.29. The first-order valence-corrected chi connectivity index (χ1v) is 10.4. The summed E-state index contributed by atoms with van der Waals surface area (Å²) in [6, 6.07) is 16.2. The molecule has 0 saturated heterocycles. The number of hydrogen-bond acceptors (Lipinski definition) is 2. The number of benzene rings is 2. The fourth-order valence-corrected chi connectivity index (χ4v) is 4.28. The van der Waals surface area contributed by atoms with Crippen LogP contribution in [0.1, 0.15) is 36.8 Å². The minimum Gasteiger partial charge on any atom is -0.312 e. The van der Waals surface area contributed by atoms with Crippen molar-refractivity contribution in [1.29, 1.82) is 0 Å². The molecule has 1 fully saturated rings. The van der Waals surface area contributed by atoms with Crippen molar-refractivity contribution in [1.82, 2.24) is 10.6 Å². The molecule has 0 heterocycles. The van der Waals surface area contributed by atoms with Gasteiger partial charge in [0.2, 0.25) is 0 Å². The monoisotopic (exact) mass is 534 g/mol. The van der Waals surface area contributed by atoms with E-state index in [1.54, 1.807) is 0 Å². The normalized spacial score (nSPS) is 17.5. The van der Waals surface area contributed by atoms with Gasteiger partial charge in [0.1, 0.15) is 0 Å². The van der Waals surface area contributed by atoms with Crippen molar-refractivity contribution in [2.24, 2.45) is 11.8 Å². The Balaban J connectivity index is 0. The summed E-state index contributed by atoms with van der Waals surface area (Å²) < 4.78 is 0. The van der Waals surface area contributed by atoms with Gasteiger partial charge in [0.15, 0.2) is 0 Å². The third-order valence-electron chi connectivity index (χ3n) is 5.30. The van der Waals surface area contributed by atoms with Crippen molar-refractivity contribution in [2.45, 2.75) is 38.8 Å². The van der Waals surface area contributed by atoms with Crippen LogP contribution in [0.4, 0.5) is 0 Å². The first-order chi connectivity index (χ1) is 12.7. The Morgan fingerprint density at radius 3 is 1.47 bits per heavy atom. The number of hydrogen-bond donors (Lipinski definition) is 2. The lowest BCUT2D eigenvalue weighted by molar-refractivity contribution is 0.252. The first-order valence-electron chi connectivity index (χ1n) is 9.60. The van der Waals surface area contributed by atoms with Gasteiger partial charge in [-0.2, -0.15) is 0 Å². The molecule has 1 aliphatic carbocycles. The molecule has 0 aromatic heterocycles. The summed E-state index contributed by atoms with van der Waals surface area (Å²) >= 11 is 12.5. The van der Waals surface area contributed by atoms with Crippen LogP contribution >= 0.6 is 72.8 Å². The van der Waals surface area contributed by atoms with Crippen molar-refractivity contribution < 1.29 is 0 Å². The summed E-state index contributed by atoms with van der Waals surface area (Å²) in [5.41, 5.74) is 2.37. The predicted molar refractivity (Wildman–Crippen MR) is 141 cm³/mol. The van der Waals surface area contributed by atoms with Gasteiger partial charge in [0.25, 0.3) is 0 Å². The summed E-state index contributed by atoms with van der Waals surface area (Å²) in [5.74, 6) is 1.52. The fraction of sp³-hybridized carbons (Fsp3) is 0.455. The highest BCUT2D eigenvalue weighted by molar-refractivity contribution is 6.31. The van der Waals surface area contributed by atoms with Crippen LogP contribution < -0.4 is 10.6 Å². The Morgan fingerprint density at radius 1 is 0.667 bits per heavy atom. The summed E-state index contributed by atoms with van der Waals surface area (Å²) in [6.07, 6.45) is 5.29. The summed E-state index contributed by atoms with van der Waals surface area (Å²) in [7, 11) is 0. The van der Waals surface area contributed by atoms with Crippen molar-refractivity contribution in [2.75, 3.05) is 13.1 Å². The van der Waals surface area contributed by atoms with E-state index in [1.807, 2.05) is 36.4 Å². The summed E-state index contributed by atoms with van der Waals surface area (Å²) in [5, 5.41) is 8.90. The average Bonchev–Trinajstić information content (AvgIpc) is 2.65. The quantitative estimate of drug-likeness (QED) is 0.368. The van der Waals surface area contributed by atoms with E-state index in [0.29, 0.717) is 0 Å². The molecule has 0 spiro atoms. The molecule has 2 unspecified atom stereocenters. The van der Waals surface area contributed by atoms with Gasteiger partial charge in [-0.25, -0.2) is 0 Å². The van der Waals surface area contributed by atoms with Gasteiger partial charge >= 0.3 is 0 Å². The molecule has 0 radical (unpaired) electrons. The van der Waals surface area contributed by atoms with Gasteiger partial charge < -0.3 is 10.6 Å². The third kappa shape index (κ3) is 10.6. The fourth-order valence-electron chi connectivity index (χ4n) is 3.88. The van der Waals surface area contributed by atoms with E-state index in [9.17, 15) is 0 Å². The molecule has 2 nitrogen and oxygen atoms in total. The van der Waals surface area contributed by atoms with Crippen molar-refractivity contribution in [3.8, 4) is 0 Å². The molecule has 2 N–H and O–H groups in total. The maximum Gasteiger partial charge on any atom is 0.0450 e. The second-order valence-electron chi connectivity index (χ2n) is 7.34. The molecule has 1 saturated carbocycles. The van der Waals surface area contributed by atoms with E-state index in [4.69, 9.17) is 23.2 Å². The van der Waals surface area contributed by atoms with E-state index >= 15 is 0 Å². The Bertz CT molecular complexity index is 643. The Morgan fingerprint density at radius 2 is 1.07 bits per heavy atom. The van der Waals surface area contributed by atoms with Gasteiger partial charge in [0, 0.05) is 23.1 Å². The molecule has 2 aromatic rings. The van der Waals surface area contributed by atoms with Crippen LogP contribution in [0.3, 0.4) is 0 Å². The van der Waals surface area contributed by atoms with E-state index < -0.39 is 0 Å². The molecule has 2 aromatic carbocycles. The lowest BCUT2D eigenvalue weighted by atomic mass is 9.81. The minimum atomic E-state index is 0. The molecule has 0 bridgehead atoms. The highest BCUT2D eigenvalue weighted by Crippen LogP contribution is 2.28. The maximum absolute atomic E-state index is 6.23. The minimum absolute atomic E-state index is 0. The topological polar surface area (TPSA) is 24.1 Å². The SMILES string of the molecule is Cl.Cl.Cl.Cl.Clc1ccccc1CNCC1CCCC(CNCc2ccccc2Cl)C1. The first kappa shape index (κ1) is 32.3. The number of halogens is 6.